The highest BCUT2D eigenvalue weighted by atomic mass is 31.2. The monoisotopic (exact) mass is 1300 g/mol. The Morgan fingerprint density at radius 3 is 0.924 bits per heavy atom. The maximum Gasteiger partial charge on any atom is 0.472 e. The second-order valence-corrected chi connectivity index (χ2v) is 28.1. The summed E-state index contributed by atoms with van der Waals surface area (Å²) in [5.41, 5.74) is 0. The van der Waals surface area contributed by atoms with Gasteiger partial charge >= 0.3 is 19.8 Å². The minimum atomic E-state index is -4.40. The fourth-order valence-electron chi connectivity index (χ4n) is 10.7. The van der Waals surface area contributed by atoms with Crippen LogP contribution < -0.4 is 0 Å². The number of hydrogen-bond donors (Lipinski definition) is 1. The summed E-state index contributed by atoms with van der Waals surface area (Å²) >= 11 is 0. The van der Waals surface area contributed by atoms with Crippen molar-refractivity contribution in [1.82, 2.24) is 0 Å². The standard InChI is InChI=1S/C82H144NO8P/c1-6-8-10-12-14-16-18-20-22-24-26-28-30-32-34-35-36-37-38-39-40-41-42-43-44-45-46-47-49-51-53-55-57-59-61-63-65-67-69-71-73-75-82(85)91-80(79-90-92(86,87)89-77-76-83(3,4)5)78-88-81(84)74-72-70-68-66-64-62-60-58-56-54-52-50-48-33-31-29-27-25-23-21-19-17-15-13-11-9-7-2/h8,10,14,16,19-22,25-28,31-34,36-37,39-40,80H,6-7,9,11-13,15,17-18,23-24,29-30,35,38,41-79H2,1-5H3/p+1/b10-8-,16-14-,21-19-,22-20-,27-25-,28-26-,33-31-,34-32-,37-36-,40-39-. The third-order valence-electron chi connectivity index (χ3n) is 16.5. The first-order valence-electron chi connectivity index (χ1n) is 38.3. The Labute approximate surface area is 568 Å². The first-order valence-corrected chi connectivity index (χ1v) is 39.8. The molecule has 0 amide bonds. The molecule has 1 N–H and O–H groups in total. The van der Waals surface area contributed by atoms with Gasteiger partial charge in [-0.1, -0.05) is 334 Å². The van der Waals surface area contributed by atoms with Gasteiger partial charge in [-0.05, 0) is 109 Å². The van der Waals surface area contributed by atoms with Gasteiger partial charge in [0.15, 0.2) is 6.10 Å². The van der Waals surface area contributed by atoms with Gasteiger partial charge in [0.2, 0.25) is 0 Å². The summed E-state index contributed by atoms with van der Waals surface area (Å²) in [6, 6.07) is 0. The van der Waals surface area contributed by atoms with Gasteiger partial charge in [0.05, 0.1) is 27.7 Å². The minimum Gasteiger partial charge on any atom is -0.462 e. The summed E-state index contributed by atoms with van der Waals surface area (Å²) in [7, 11) is 1.48. The molecule has 0 fully saturated rings. The number of allylic oxidation sites excluding steroid dienone is 20. The second kappa shape index (κ2) is 71.7. The number of carbonyl (C=O) groups excluding carboxylic acids is 2. The zero-order valence-electron chi connectivity index (χ0n) is 60.5. The van der Waals surface area contributed by atoms with Gasteiger partial charge < -0.3 is 18.9 Å². The van der Waals surface area contributed by atoms with Crippen LogP contribution in [0.1, 0.15) is 335 Å². The topological polar surface area (TPSA) is 108 Å². The highest BCUT2D eigenvalue weighted by Gasteiger charge is 2.27. The number of phosphoric acid groups is 1. The number of hydrogen-bond acceptors (Lipinski definition) is 7. The van der Waals surface area contributed by atoms with E-state index < -0.39 is 26.5 Å². The van der Waals surface area contributed by atoms with E-state index in [0.29, 0.717) is 17.4 Å². The van der Waals surface area contributed by atoms with Crippen LogP contribution in [-0.4, -0.2) is 74.9 Å². The van der Waals surface area contributed by atoms with Crippen molar-refractivity contribution in [3.05, 3.63) is 122 Å². The van der Waals surface area contributed by atoms with Gasteiger partial charge in [-0.25, -0.2) is 4.57 Å². The molecule has 0 aromatic rings. The van der Waals surface area contributed by atoms with Crippen LogP contribution in [0.4, 0.5) is 0 Å². The Kier molecular flexibility index (Phi) is 68.9. The van der Waals surface area contributed by atoms with E-state index in [1.54, 1.807) is 0 Å². The molecule has 0 heterocycles. The lowest BCUT2D eigenvalue weighted by Gasteiger charge is -2.24. The molecule has 0 saturated heterocycles. The minimum absolute atomic E-state index is 0.0290. The normalized spacial score (nSPS) is 13.8. The fraction of sp³-hybridized carbons (Fsp3) is 0.732. The van der Waals surface area contributed by atoms with Crippen molar-refractivity contribution in [1.29, 1.82) is 0 Å². The molecule has 0 rings (SSSR count). The molecule has 92 heavy (non-hydrogen) atoms. The average Bonchev–Trinajstić information content (AvgIpc) is 2.23. The Morgan fingerprint density at radius 2 is 0.620 bits per heavy atom. The molecule has 10 heteroatoms. The zero-order chi connectivity index (χ0) is 66.9. The summed E-state index contributed by atoms with van der Waals surface area (Å²) in [6.45, 7) is 4.34. The van der Waals surface area contributed by atoms with Crippen LogP contribution in [0.15, 0.2) is 122 Å². The fourth-order valence-corrected chi connectivity index (χ4v) is 11.4. The van der Waals surface area contributed by atoms with Gasteiger partial charge in [0.1, 0.15) is 19.8 Å². The molecular formula is C82H145NO8P+. The SMILES string of the molecule is CC/C=C\C/C=C\C/C=C\C/C=C\C/C=C\C/C=C\C/C=C\CCCCCCCCCCCCCCCCCCCCCC(=O)OC(COC(=O)CCCCCCCCCCCCCC/C=C\C/C=C\C/C=C\CCCCCCC)COP(=O)(O)OCC[N+](C)(C)C. The van der Waals surface area contributed by atoms with Crippen LogP contribution >= 0.6 is 7.82 Å². The van der Waals surface area contributed by atoms with Crippen molar-refractivity contribution in [3.63, 3.8) is 0 Å². The van der Waals surface area contributed by atoms with Crippen LogP contribution in [0.5, 0.6) is 0 Å². The predicted molar refractivity (Wildman–Crippen MR) is 399 cm³/mol. The first kappa shape index (κ1) is 88.4. The number of phosphoric ester groups is 1. The quantitative estimate of drug-likeness (QED) is 0.0211. The third-order valence-corrected chi connectivity index (χ3v) is 17.5. The molecule has 2 atom stereocenters. The van der Waals surface area contributed by atoms with Gasteiger partial charge in [-0.15, -0.1) is 0 Å². The molecule has 0 aromatic heterocycles. The molecule has 0 bridgehead atoms. The maximum absolute atomic E-state index is 12.9. The van der Waals surface area contributed by atoms with E-state index >= 15 is 0 Å². The van der Waals surface area contributed by atoms with Crippen molar-refractivity contribution in [2.75, 3.05) is 47.5 Å². The second-order valence-electron chi connectivity index (χ2n) is 26.7. The van der Waals surface area contributed by atoms with Crippen LogP contribution in [-0.2, 0) is 32.7 Å². The number of esters is 2. The van der Waals surface area contributed by atoms with Gasteiger partial charge in [0, 0.05) is 12.8 Å². The summed E-state index contributed by atoms with van der Waals surface area (Å²) < 4.78 is 34.8. The van der Waals surface area contributed by atoms with Crippen molar-refractivity contribution in [3.8, 4) is 0 Å². The molecule has 0 radical (unpaired) electrons. The predicted octanol–water partition coefficient (Wildman–Crippen LogP) is 25.4. The number of ether oxygens (including phenoxy) is 2. The molecule has 9 nitrogen and oxygen atoms in total. The average molecular weight is 1300 g/mol. The lowest BCUT2D eigenvalue weighted by atomic mass is 10.0. The van der Waals surface area contributed by atoms with Crippen molar-refractivity contribution in [2.45, 2.75) is 341 Å². The Hall–Kier alpha value is -3.59. The molecule has 0 saturated carbocycles. The molecule has 0 aliphatic heterocycles. The Morgan fingerprint density at radius 1 is 0.348 bits per heavy atom. The van der Waals surface area contributed by atoms with E-state index in [2.05, 4.69) is 135 Å². The van der Waals surface area contributed by atoms with Crippen LogP contribution in [0.3, 0.4) is 0 Å². The summed E-state index contributed by atoms with van der Waals surface area (Å²) in [5.74, 6) is -0.790. The third kappa shape index (κ3) is 75.4. The van der Waals surface area contributed by atoms with Crippen LogP contribution in [0.2, 0.25) is 0 Å². The van der Waals surface area contributed by atoms with E-state index in [1.165, 1.54) is 212 Å². The lowest BCUT2D eigenvalue weighted by molar-refractivity contribution is -0.870. The van der Waals surface area contributed by atoms with Crippen LogP contribution in [0.25, 0.3) is 0 Å². The molecule has 2 unspecified atom stereocenters. The van der Waals surface area contributed by atoms with Gasteiger partial charge in [-0.3, -0.25) is 18.6 Å². The highest BCUT2D eigenvalue weighted by molar-refractivity contribution is 7.47. The Balaban J connectivity index is 3.98. The molecule has 0 aliphatic carbocycles. The summed E-state index contributed by atoms with van der Waals surface area (Å²) in [4.78, 5) is 35.9. The van der Waals surface area contributed by atoms with E-state index in [4.69, 9.17) is 18.5 Å². The molecule has 530 valence electrons. The number of quaternary nitrogens is 1. The van der Waals surface area contributed by atoms with Gasteiger partial charge in [-0.2, -0.15) is 0 Å². The number of nitrogens with zero attached hydrogens (tertiary/aromatic N) is 1. The molecule has 0 aromatic carbocycles. The highest BCUT2D eigenvalue weighted by Crippen LogP contribution is 2.43. The van der Waals surface area contributed by atoms with E-state index in [-0.39, 0.29) is 32.0 Å². The number of rotatable bonds is 70. The van der Waals surface area contributed by atoms with Crippen molar-refractivity contribution < 1.29 is 42.1 Å². The molecular weight excluding hydrogens is 1160 g/mol. The van der Waals surface area contributed by atoms with E-state index in [0.717, 1.165) is 89.9 Å². The van der Waals surface area contributed by atoms with Gasteiger partial charge in [0.25, 0.3) is 0 Å². The largest absolute Gasteiger partial charge is 0.472 e. The molecule has 0 aliphatic rings. The number of unbranched alkanes of at least 4 members (excludes halogenated alkanes) is 36. The Bertz CT molecular complexity index is 1970. The van der Waals surface area contributed by atoms with Crippen molar-refractivity contribution in [2.24, 2.45) is 0 Å². The summed E-state index contributed by atoms with van der Waals surface area (Å²) in [6.07, 6.45) is 103. The number of carbonyl (C=O) groups is 2. The van der Waals surface area contributed by atoms with Crippen molar-refractivity contribution >= 4 is 19.8 Å². The van der Waals surface area contributed by atoms with E-state index in [1.807, 2.05) is 21.1 Å². The van der Waals surface area contributed by atoms with Crippen LogP contribution in [0, 0.1) is 0 Å². The zero-order valence-corrected chi connectivity index (χ0v) is 61.4. The first-order chi connectivity index (χ1) is 45.0. The maximum atomic E-state index is 12.9. The smallest absolute Gasteiger partial charge is 0.462 e. The number of likely N-dealkylation sites (N-methyl/N-ethyl adjacent to an activating group) is 1. The lowest BCUT2D eigenvalue weighted by Crippen LogP contribution is -2.37. The van der Waals surface area contributed by atoms with E-state index in [9.17, 15) is 19.0 Å². The molecule has 0 spiro atoms. The summed E-state index contributed by atoms with van der Waals surface area (Å²) in [5, 5.41) is 0.